The Bertz CT molecular complexity index is 284. The number of nitrogens with zero attached hydrogens (tertiary/aromatic N) is 1. The predicted octanol–water partition coefficient (Wildman–Crippen LogP) is 1.83. The monoisotopic (exact) mass is 224 g/mol. The number of thiophene rings is 1. The Balaban J connectivity index is 1.91. The standard InChI is InChI=1S/C12H20N2S/c1-13-12-6-11(7-14(2)8-12)5-10-3-4-15-9-10/h3-4,9,11-13H,5-8H2,1-2H3. The summed E-state index contributed by atoms with van der Waals surface area (Å²) >= 11 is 1.81. The van der Waals surface area contributed by atoms with Gasteiger partial charge in [0, 0.05) is 19.1 Å². The second-order valence-electron chi connectivity index (χ2n) is 4.64. The number of hydrogen-bond donors (Lipinski definition) is 1. The van der Waals surface area contributed by atoms with Crippen LogP contribution in [0.15, 0.2) is 16.8 Å². The van der Waals surface area contributed by atoms with Gasteiger partial charge in [-0.25, -0.2) is 0 Å². The third-order valence-corrected chi connectivity index (χ3v) is 3.96. The van der Waals surface area contributed by atoms with Crippen molar-refractivity contribution < 1.29 is 0 Å². The molecule has 0 spiro atoms. The molecular weight excluding hydrogens is 204 g/mol. The quantitative estimate of drug-likeness (QED) is 0.842. The molecule has 1 saturated heterocycles. The normalized spacial score (nSPS) is 28.1. The zero-order valence-electron chi connectivity index (χ0n) is 9.57. The van der Waals surface area contributed by atoms with Crippen molar-refractivity contribution in [2.24, 2.45) is 5.92 Å². The summed E-state index contributed by atoms with van der Waals surface area (Å²) in [4.78, 5) is 2.45. The van der Waals surface area contributed by atoms with Gasteiger partial charge in [0.25, 0.3) is 0 Å². The molecule has 1 N–H and O–H groups in total. The molecule has 1 aliphatic rings. The van der Waals surface area contributed by atoms with E-state index in [1.807, 2.05) is 0 Å². The number of nitrogens with one attached hydrogen (secondary N) is 1. The van der Waals surface area contributed by atoms with E-state index in [2.05, 4.69) is 41.1 Å². The Morgan fingerprint density at radius 2 is 2.40 bits per heavy atom. The van der Waals surface area contributed by atoms with Gasteiger partial charge in [-0.05, 0) is 55.2 Å². The molecule has 84 valence electrons. The van der Waals surface area contributed by atoms with Gasteiger partial charge < -0.3 is 10.2 Å². The summed E-state index contributed by atoms with van der Waals surface area (Å²) in [7, 11) is 4.30. The first-order valence-corrected chi connectivity index (χ1v) is 6.59. The van der Waals surface area contributed by atoms with E-state index in [0.29, 0.717) is 6.04 Å². The average molecular weight is 224 g/mol. The van der Waals surface area contributed by atoms with Crippen LogP contribution in [-0.4, -0.2) is 38.1 Å². The molecule has 1 aromatic rings. The van der Waals surface area contributed by atoms with Crippen LogP contribution in [0.3, 0.4) is 0 Å². The highest BCUT2D eigenvalue weighted by Gasteiger charge is 2.24. The van der Waals surface area contributed by atoms with E-state index in [1.165, 1.54) is 31.5 Å². The highest BCUT2D eigenvalue weighted by Crippen LogP contribution is 2.21. The summed E-state index contributed by atoms with van der Waals surface area (Å²) < 4.78 is 0. The van der Waals surface area contributed by atoms with E-state index in [4.69, 9.17) is 0 Å². The molecule has 2 nitrogen and oxygen atoms in total. The van der Waals surface area contributed by atoms with E-state index in [9.17, 15) is 0 Å². The lowest BCUT2D eigenvalue weighted by Crippen LogP contribution is -2.46. The maximum atomic E-state index is 3.40. The lowest BCUT2D eigenvalue weighted by Gasteiger charge is -2.35. The molecule has 0 bridgehead atoms. The van der Waals surface area contributed by atoms with Gasteiger partial charge in [-0.1, -0.05) is 0 Å². The third kappa shape index (κ3) is 3.03. The maximum Gasteiger partial charge on any atom is 0.0195 e. The van der Waals surface area contributed by atoms with Crippen LogP contribution in [0.4, 0.5) is 0 Å². The first kappa shape index (κ1) is 11.1. The van der Waals surface area contributed by atoms with Crippen molar-refractivity contribution >= 4 is 11.3 Å². The summed E-state index contributed by atoms with van der Waals surface area (Å²) in [5.74, 6) is 0.816. The molecule has 1 fully saturated rings. The molecule has 2 atom stereocenters. The molecule has 2 unspecified atom stereocenters. The van der Waals surface area contributed by atoms with Crippen LogP contribution < -0.4 is 5.32 Å². The van der Waals surface area contributed by atoms with Crippen molar-refractivity contribution in [1.82, 2.24) is 10.2 Å². The van der Waals surface area contributed by atoms with Gasteiger partial charge in [0.1, 0.15) is 0 Å². The Kier molecular flexibility index (Phi) is 3.78. The summed E-state index contributed by atoms with van der Waals surface area (Å²) in [6.45, 7) is 2.44. The molecule has 0 aliphatic carbocycles. The van der Waals surface area contributed by atoms with E-state index >= 15 is 0 Å². The number of piperidine rings is 1. The van der Waals surface area contributed by atoms with E-state index in [-0.39, 0.29) is 0 Å². The number of rotatable bonds is 3. The van der Waals surface area contributed by atoms with Crippen LogP contribution in [0, 0.1) is 5.92 Å². The van der Waals surface area contributed by atoms with Gasteiger partial charge >= 0.3 is 0 Å². The topological polar surface area (TPSA) is 15.3 Å². The zero-order valence-corrected chi connectivity index (χ0v) is 10.4. The van der Waals surface area contributed by atoms with Gasteiger partial charge in [-0.3, -0.25) is 0 Å². The Hall–Kier alpha value is -0.380. The van der Waals surface area contributed by atoms with Crippen molar-refractivity contribution in [3.05, 3.63) is 22.4 Å². The molecule has 2 heterocycles. The Labute approximate surface area is 96.3 Å². The first-order valence-electron chi connectivity index (χ1n) is 5.65. The fraction of sp³-hybridized carbons (Fsp3) is 0.667. The van der Waals surface area contributed by atoms with Crippen LogP contribution >= 0.6 is 11.3 Å². The summed E-state index contributed by atoms with van der Waals surface area (Å²) in [6.07, 6.45) is 2.56. The van der Waals surface area contributed by atoms with Crippen LogP contribution in [0.25, 0.3) is 0 Å². The van der Waals surface area contributed by atoms with Crippen LogP contribution in [-0.2, 0) is 6.42 Å². The molecule has 0 saturated carbocycles. The summed E-state index contributed by atoms with van der Waals surface area (Å²) in [5, 5.41) is 7.86. The van der Waals surface area contributed by atoms with Gasteiger partial charge in [-0.15, -0.1) is 0 Å². The number of hydrogen-bond acceptors (Lipinski definition) is 3. The minimum atomic E-state index is 0.674. The largest absolute Gasteiger partial charge is 0.316 e. The number of likely N-dealkylation sites (tertiary alicyclic amines) is 1. The Morgan fingerprint density at radius 1 is 1.53 bits per heavy atom. The minimum absolute atomic E-state index is 0.674. The molecule has 3 heteroatoms. The molecule has 0 amide bonds. The van der Waals surface area contributed by atoms with Crippen molar-refractivity contribution in [2.75, 3.05) is 27.2 Å². The molecule has 15 heavy (non-hydrogen) atoms. The third-order valence-electron chi connectivity index (χ3n) is 3.23. The second kappa shape index (κ2) is 5.10. The average Bonchev–Trinajstić information content (AvgIpc) is 2.69. The smallest absolute Gasteiger partial charge is 0.0195 e. The van der Waals surface area contributed by atoms with Crippen LogP contribution in [0.5, 0.6) is 0 Å². The SMILES string of the molecule is CNC1CC(Cc2ccsc2)CN(C)C1. The molecule has 0 radical (unpaired) electrons. The minimum Gasteiger partial charge on any atom is -0.316 e. The second-order valence-corrected chi connectivity index (χ2v) is 5.42. The molecule has 2 rings (SSSR count). The van der Waals surface area contributed by atoms with E-state index in [0.717, 1.165) is 5.92 Å². The molecular formula is C12H20N2S. The molecule has 1 aromatic heterocycles. The Morgan fingerprint density at radius 3 is 3.07 bits per heavy atom. The lowest BCUT2D eigenvalue weighted by molar-refractivity contribution is 0.173. The molecule has 0 aromatic carbocycles. The molecule has 1 aliphatic heterocycles. The van der Waals surface area contributed by atoms with Gasteiger partial charge in [0.05, 0.1) is 0 Å². The fourth-order valence-electron chi connectivity index (χ4n) is 2.54. The predicted molar refractivity (Wildman–Crippen MR) is 66.5 cm³/mol. The fourth-order valence-corrected chi connectivity index (χ4v) is 3.22. The summed E-state index contributed by atoms with van der Waals surface area (Å²) in [6, 6.07) is 2.93. The first-order chi connectivity index (χ1) is 7.28. The van der Waals surface area contributed by atoms with Crippen molar-refractivity contribution in [3.8, 4) is 0 Å². The van der Waals surface area contributed by atoms with Crippen molar-refractivity contribution in [1.29, 1.82) is 0 Å². The van der Waals surface area contributed by atoms with E-state index in [1.54, 1.807) is 11.3 Å². The van der Waals surface area contributed by atoms with Gasteiger partial charge in [0.15, 0.2) is 0 Å². The van der Waals surface area contributed by atoms with Crippen LogP contribution in [0.1, 0.15) is 12.0 Å². The van der Waals surface area contributed by atoms with Crippen molar-refractivity contribution in [2.45, 2.75) is 18.9 Å². The highest BCUT2D eigenvalue weighted by molar-refractivity contribution is 7.07. The highest BCUT2D eigenvalue weighted by atomic mass is 32.1. The lowest BCUT2D eigenvalue weighted by atomic mass is 9.90. The van der Waals surface area contributed by atoms with Crippen LogP contribution in [0.2, 0.25) is 0 Å². The van der Waals surface area contributed by atoms with Crippen molar-refractivity contribution in [3.63, 3.8) is 0 Å². The summed E-state index contributed by atoms with van der Waals surface area (Å²) in [5.41, 5.74) is 1.51. The van der Waals surface area contributed by atoms with Gasteiger partial charge in [-0.2, -0.15) is 11.3 Å². The zero-order chi connectivity index (χ0) is 10.7. The van der Waals surface area contributed by atoms with E-state index < -0.39 is 0 Å². The number of likely N-dealkylation sites (N-methyl/N-ethyl adjacent to an activating group) is 2. The maximum absolute atomic E-state index is 3.40. The van der Waals surface area contributed by atoms with Gasteiger partial charge in [0.2, 0.25) is 0 Å².